The van der Waals surface area contributed by atoms with E-state index in [1.165, 1.54) is 19.1 Å². The van der Waals surface area contributed by atoms with E-state index in [0.29, 0.717) is 12.3 Å². The van der Waals surface area contributed by atoms with Crippen molar-refractivity contribution in [3.63, 3.8) is 0 Å². The van der Waals surface area contributed by atoms with Crippen molar-refractivity contribution in [3.8, 4) is 11.5 Å². The summed E-state index contributed by atoms with van der Waals surface area (Å²) in [6, 6.07) is 10.8. The van der Waals surface area contributed by atoms with Gasteiger partial charge >= 0.3 is 6.18 Å². The molecule has 2 aromatic rings. The van der Waals surface area contributed by atoms with Crippen LogP contribution in [-0.4, -0.2) is 0 Å². The molecule has 0 aliphatic heterocycles. The summed E-state index contributed by atoms with van der Waals surface area (Å²) < 4.78 is 43.8. The number of hydrogen-bond acceptors (Lipinski definition) is 2. The van der Waals surface area contributed by atoms with Crippen molar-refractivity contribution in [2.75, 3.05) is 0 Å². The normalized spacial score (nSPS) is 11.4. The highest BCUT2D eigenvalue weighted by Gasteiger charge is 2.32. The average molecular weight is 281 g/mol. The Bertz CT molecular complexity index is 591. The molecule has 0 bridgehead atoms. The average Bonchev–Trinajstić information content (AvgIpc) is 2.40. The smallest absolute Gasteiger partial charge is 0.416 e. The van der Waals surface area contributed by atoms with Gasteiger partial charge in [-0.1, -0.05) is 18.2 Å². The van der Waals surface area contributed by atoms with Gasteiger partial charge in [0.05, 0.1) is 5.56 Å². The van der Waals surface area contributed by atoms with E-state index >= 15 is 0 Å². The van der Waals surface area contributed by atoms with Gasteiger partial charge in [0.2, 0.25) is 0 Å². The van der Waals surface area contributed by atoms with Gasteiger partial charge in [0.25, 0.3) is 0 Å². The molecular formula is C15H14F3NO. The SMILES string of the molecule is Cc1ccc(Oc2ccc(CN)cc2)cc1C(F)(F)F. The molecule has 0 aliphatic rings. The van der Waals surface area contributed by atoms with Crippen molar-refractivity contribution >= 4 is 0 Å². The van der Waals surface area contributed by atoms with E-state index in [4.69, 9.17) is 10.5 Å². The molecule has 2 N–H and O–H groups in total. The van der Waals surface area contributed by atoms with Crippen LogP contribution in [0.3, 0.4) is 0 Å². The first-order chi connectivity index (χ1) is 9.40. The molecule has 0 heterocycles. The number of benzene rings is 2. The quantitative estimate of drug-likeness (QED) is 0.912. The van der Waals surface area contributed by atoms with E-state index in [1.54, 1.807) is 24.3 Å². The molecule has 0 amide bonds. The molecule has 0 saturated carbocycles. The summed E-state index contributed by atoms with van der Waals surface area (Å²) >= 11 is 0. The third kappa shape index (κ3) is 3.30. The maximum absolute atomic E-state index is 12.8. The summed E-state index contributed by atoms with van der Waals surface area (Å²) in [5.74, 6) is 0.627. The third-order valence-corrected chi connectivity index (χ3v) is 2.91. The van der Waals surface area contributed by atoms with Crippen molar-refractivity contribution in [1.82, 2.24) is 0 Å². The van der Waals surface area contributed by atoms with Gasteiger partial charge in [-0.15, -0.1) is 0 Å². The van der Waals surface area contributed by atoms with Crippen molar-refractivity contribution in [3.05, 3.63) is 59.2 Å². The monoisotopic (exact) mass is 281 g/mol. The summed E-state index contributed by atoms with van der Waals surface area (Å²) in [5, 5.41) is 0. The van der Waals surface area contributed by atoms with Gasteiger partial charge < -0.3 is 10.5 Å². The number of nitrogens with two attached hydrogens (primary N) is 1. The first kappa shape index (κ1) is 14.4. The number of alkyl halides is 3. The molecule has 2 aromatic carbocycles. The van der Waals surface area contributed by atoms with Crippen molar-refractivity contribution < 1.29 is 17.9 Å². The highest BCUT2D eigenvalue weighted by atomic mass is 19.4. The lowest BCUT2D eigenvalue weighted by molar-refractivity contribution is -0.138. The van der Waals surface area contributed by atoms with E-state index in [1.807, 2.05) is 0 Å². The minimum Gasteiger partial charge on any atom is -0.457 e. The van der Waals surface area contributed by atoms with Gasteiger partial charge in [0, 0.05) is 6.54 Å². The molecular weight excluding hydrogens is 267 g/mol. The predicted molar refractivity (Wildman–Crippen MR) is 70.6 cm³/mol. The molecule has 0 spiro atoms. The van der Waals surface area contributed by atoms with Crippen LogP contribution in [0, 0.1) is 6.92 Å². The maximum Gasteiger partial charge on any atom is 0.416 e. The molecule has 0 radical (unpaired) electrons. The van der Waals surface area contributed by atoms with Gasteiger partial charge in [-0.2, -0.15) is 13.2 Å². The number of aryl methyl sites for hydroxylation is 1. The number of halogens is 3. The van der Waals surface area contributed by atoms with Gasteiger partial charge in [-0.25, -0.2) is 0 Å². The summed E-state index contributed by atoms with van der Waals surface area (Å²) in [7, 11) is 0. The van der Waals surface area contributed by atoms with Crippen LogP contribution in [0.4, 0.5) is 13.2 Å². The maximum atomic E-state index is 12.8. The predicted octanol–water partition coefficient (Wildman–Crippen LogP) is 4.26. The summed E-state index contributed by atoms with van der Waals surface area (Å²) in [5.41, 5.74) is 5.88. The Morgan fingerprint density at radius 1 is 1.00 bits per heavy atom. The fraction of sp³-hybridized carbons (Fsp3) is 0.200. The van der Waals surface area contributed by atoms with Crippen LogP contribution in [0.15, 0.2) is 42.5 Å². The Kier molecular flexibility index (Phi) is 3.99. The highest BCUT2D eigenvalue weighted by Crippen LogP contribution is 2.35. The first-order valence-corrected chi connectivity index (χ1v) is 6.05. The molecule has 0 saturated heterocycles. The lowest BCUT2D eigenvalue weighted by Crippen LogP contribution is -2.07. The molecule has 0 fully saturated rings. The standard InChI is InChI=1S/C15H14F3NO/c1-10-2-5-13(8-14(10)15(16,17)18)20-12-6-3-11(9-19)4-7-12/h2-8H,9,19H2,1H3. The second-order valence-corrected chi connectivity index (χ2v) is 4.42. The van der Waals surface area contributed by atoms with E-state index in [-0.39, 0.29) is 11.3 Å². The second-order valence-electron chi connectivity index (χ2n) is 4.42. The Morgan fingerprint density at radius 2 is 1.60 bits per heavy atom. The molecule has 0 aromatic heterocycles. The zero-order chi connectivity index (χ0) is 14.8. The van der Waals surface area contributed by atoms with Crippen molar-refractivity contribution in [2.24, 2.45) is 5.73 Å². The lowest BCUT2D eigenvalue weighted by Gasteiger charge is -2.13. The molecule has 2 nitrogen and oxygen atoms in total. The fourth-order valence-electron chi connectivity index (χ4n) is 1.80. The van der Waals surface area contributed by atoms with Crippen LogP contribution in [0.2, 0.25) is 0 Å². The Hall–Kier alpha value is -2.01. The van der Waals surface area contributed by atoms with E-state index in [2.05, 4.69) is 0 Å². The van der Waals surface area contributed by atoms with Gasteiger partial charge in [-0.3, -0.25) is 0 Å². The second kappa shape index (κ2) is 5.54. The molecule has 5 heteroatoms. The van der Waals surface area contributed by atoms with Gasteiger partial charge in [-0.05, 0) is 42.3 Å². The summed E-state index contributed by atoms with van der Waals surface area (Å²) in [6.07, 6.45) is -4.38. The Morgan fingerprint density at radius 3 is 2.15 bits per heavy atom. The van der Waals surface area contributed by atoms with Gasteiger partial charge in [0.1, 0.15) is 11.5 Å². The zero-order valence-electron chi connectivity index (χ0n) is 10.9. The van der Waals surface area contributed by atoms with Crippen LogP contribution >= 0.6 is 0 Å². The minimum absolute atomic E-state index is 0.156. The minimum atomic E-state index is -4.38. The fourth-order valence-corrected chi connectivity index (χ4v) is 1.80. The summed E-state index contributed by atoms with van der Waals surface area (Å²) in [4.78, 5) is 0. The summed E-state index contributed by atoms with van der Waals surface area (Å²) in [6.45, 7) is 1.83. The molecule has 0 unspecified atom stereocenters. The van der Waals surface area contributed by atoms with E-state index < -0.39 is 11.7 Å². The largest absolute Gasteiger partial charge is 0.457 e. The third-order valence-electron chi connectivity index (χ3n) is 2.91. The van der Waals surface area contributed by atoms with Crippen LogP contribution in [0.1, 0.15) is 16.7 Å². The highest BCUT2D eigenvalue weighted by molar-refractivity contribution is 5.39. The molecule has 0 atom stereocenters. The number of rotatable bonds is 3. The van der Waals surface area contributed by atoms with Crippen LogP contribution < -0.4 is 10.5 Å². The zero-order valence-corrected chi connectivity index (χ0v) is 10.9. The molecule has 20 heavy (non-hydrogen) atoms. The number of hydrogen-bond donors (Lipinski definition) is 1. The van der Waals surface area contributed by atoms with Gasteiger partial charge in [0.15, 0.2) is 0 Å². The first-order valence-electron chi connectivity index (χ1n) is 6.05. The van der Waals surface area contributed by atoms with Crippen LogP contribution in [-0.2, 0) is 12.7 Å². The Balaban J connectivity index is 2.25. The molecule has 0 aliphatic carbocycles. The van der Waals surface area contributed by atoms with E-state index in [0.717, 1.165) is 11.6 Å². The molecule has 106 valence electrons. The van der Waals surface area contributed by atoms with Crippen molar-refractivity contribution in [2.45, 2.75) is 19.6 Å². The van der Waals surface area contributed by atoms with Crippen molar-refractivity contribution in [1.29, 1.82) is 0 Å². The molecule has 2 rings (SSSR count). The Labute approximate surface area is 115 Å². The topological polar surface area (TPSA) is 35.2 Å². The van der Waals surface area contributed by atoms with E-state index in [9.17, 15) is 13.2 Å². The lowest BCUT2D eigenvalue weighted by atomic mass is 10.1. The van der Waals surface area contributed by atoms with Crippen LogP contribution in [0.5, 0.6) is 11.5 Å². The van der Waals surface area contributed by atoms with Crippen LogP contribution in [0.25, 0.3) is 0 Å². The number of ether oxygens (including phenoxy) is 1.